The second-order valence-corrected chi connectivity index (χ2v) is 11.2. The SMILES string of the molecule is Cc1sc2c(c1C)C(c1ccc(CCC3CCNCC3)cc1)=N[C@@H](Cc1ncco1)c1nnc(C)n1-2. The topological polar surface area (TPSA) is 81.1 Å². The molecule has 3 aromatic heterocycles. The fourth-order valence-electron chi connectivity index (χ4n) is 5.41. The molecule has 6 rings (SSSR count). The fourth-order valence-corrected chi connectivity index (χ4v) is 6.63. The number of fused-ring (bicyclic) bond motifs is 3. The molecule has 8 heteroatoms. The van der Waals surface area contributed by atoms with Gasteiger partial charge in [-0.05, 0) is 76.6 Å². The smallest absolute Gasteiger partial charge is 0.196 e. The van der Waals surface area contributed by atoms with E-state index in [-0.39, 0.29) is 6.04 Å². The first-order valence-corrected chi connectivity index (χ1v) is 13.7. The monoisotopic (exact) mass is 500 g/mol. The highest BCUT2D eigenvalue weighted by atomic mass is 32.1. The molecule has 5 heterocycles. The van der Waals surface area contributed by atoms with Crippen LogP contribution in [-0.4, -0.2) is 38.5 Å². The van der Waals surface area contributed by atoms with Crippen molar-refractivity contribution >= 4 is 17.0 Å². The predicted molar refractivity (Wildman–Crippen MR) is 142 cm³/mol. The van der Waals surface area contributed by atoms with E-state index in [0.717, 1.165) is 53.4 Å². The van der Waals surface area contributed by atoms with Gasteiger partial charge in [-0.15, -0.1) is 21.5 Å². The van der Waals surface area contributed by atoms with Crippen LogP contribution < -0.4 is 5.32 Å². The molecule has 1 saturated heterocycles. The molecule has 0 radical (unpaired) electrons. The number of oxazole rings is 1. The summed E-state index contributed by atoms with van der Waals surface area (Å²) in [6.45, 7) is 8.70. The van der Waals surface area contributed by atoms with Gasteiger partial charge in [-0.2, -0.15) is 0 Å². The number of benzene rings is 1. The fraction of sp³-hybridized carbons (Fsp3) is 0.429. The lowest BCUT2D eigenvalue weighted by molar-refractivity contribution is 0.354. The van der Waals surface area contributed by atoms with Crippen LogP contribution in [0, 0.1) is 26.7 Å². The Morgan fingerprint density at radius 1 is 1.08 bits per heavy atom. The number of hydrogen-bond donors (Lipinski definition) is 1. The van der Waals surface area contributed by atoms with Crippen molar-refractivity contribution in [3.05, 3.63) is 81.4 Å². The summed E-state index contributed by atoms with van der Waals surface area (Å²) in [5.41, 5.74) is 5.99. The zero-order valence-corrected chi connectivity index (χ0v) is 21.9. The van der Waals surface area contributed by atoms with Crippen LogP contribution >= 0.6 is 11.3 Å². The third kappa shape index (κ3) is 4.33. The molecule has 0 amide bonds. The molecular weight excluding hydrogens is 468 g/mol. The molecule has 0 aliphatic carbocycles. The Morgan fingerprint density at radius 2 is 1.89 bits per heavy atom. The Balaban J connectivity index is 1.38. The molecule has 36 heavy (non-hydrogen) atoms. The van der Waals surface area contributed by atoms with Crippen LogP contribution in [0.15, 0.2) is 46.1 Å². The summed E-state index contributed by atoms with van der Waals surface area (Å²) in [6, 6.07) is 8.82. The van der Waals surface area contributed by atoms with Crippen molar-refractivity contribution in [3.63, 3.8) is 0 Å². The zero-order chi connectivity index (χ0) is 24.6. The minimum Gasteiger partial charge on any atom is -0.449 e. The molecule has 0 spiro atoms. The van der Waals surface area contributed by atoms with Crippen molar-refractivity contribution in [3.8, 4) is 5.00 Å². The number of aryl methyl sites for hydroxylation is 3. The molecule has 1 fully saturated rings. The van der Waals surface area contributed by atoms with E-state index in [2.05, 4.69) is 63.2 Å². The maximum atomic E-state index is 5.59. The Bertz CT molecular complexity index is 1380. The first-order valence-electron chi connectivity index (χ1n) is 12.9. The number of thiophene rings is 1. The van der Waals surface area contributed by atoms with E-state index in [1.165, 1.54) is 40.8 Å². The van der Waals surface area contributed by atoms with Crippen molar-refractivity contribution in [2.45, 2.75) is 58.9 Å². The molecule has 0 bridgehead atoms. The highest BCUT2D eigenvalue weighted by Crippen LogP contribution is 2.39. The van der Waals surface area contributed by atoms with Crippen LogP contribution in [-0.2, 0) is 12.8 Å². The molecule has 0 saturated carbocycles. The Hall–Kier alpha value is -3.10. The Morgan fingerprint density at radius 3 is 2.64 bits per heavy atom. The minimum absolute atomic E-state index is 0.237. The highest BCUT2D eigenvalue weighted by Gasteiger charge is 2.32. The van der Waals surface area contributed by atoms with E-state index >= 15 is 0 Å². The van der Waals surface area contributed by atoms with Gasteiger partial charge in [0.25, 0.3) is 0 Å². The number of nitrogens with zero attached hydrogens (tertiary/aromatic N) is 5. The normalized spacial score (nSPS) is 18.0. The molecule has 4 aromatic rings. The Kier molecular flexibility index (Phi) is 6.31. The van der Waals surface area contributed by atoms with Crippen molar-refractivity contribution in [2.75, 3.05) is 13.1 Å². The molecule has 186 valence electrons. The van der Waals surface area contributed by atoms with Gasteiger partial charge in [-0.3, -0.25) is 9.56 Å². The molecule has 1 aromatic carbocycles. The van der Waals surface area contributed by atoms with Crippen LogP contribution in [0.2, 0.25) is 0 Å². The molecule has 1 atom stereocenters. The number of aliphatic imine (C=N–C) groups is 1. The molecule has 0 unspecified atom stereocenters. The summed E-state index contributed by atoms with van der Waals surface area (Å²) in [5.74, 6) is 3.20. The maximum Gasteiger partial charge on any atom is 0.196 e. The van der Waals surface area contributed by atoms with E-state index in [9.17, 15) is 0 Å². The number of aromatic nitrogens is 4. The van der Waals surface area contributed by atoms with E-state index in [4.69, 9.17) is 9.41 Å². The second-order valence-electron chi connectivity index (χ2n) is 9.96. The van der Waals surface area contributed by atoms with Gasteiger partial charge in [0.2, 0.25) is 0 Å². The van der Waals surface area contributed by atoms with Gasteiger partial charge in [-0.25, -0.2) is 4.98 Å². The van der Waals surface area contributed by atoms with Crippen molar-refractivity contribution in [2.24, 2.45) is 10.9 Å². The average molecular weight is 501 g/mol. The number of piperidine rings is 1. The third-order valence-electron chi connectivity index (χ3n) is 7.62. The summed E-state index contributed by atoms with van der Waals surface area (Å²) in [4.78, 5) is 11.0. The van der Waals surface area contributed by atoms with Crippen LogP contribution in [0.25, 0.3) is 5.00 Å². The average Bonchev–Trinajstić information content (AvgIpc) is 3.59. The van der Waals surface area contributed by atoms with Crippen molar-refractivity contribution in [1.82, 2.24) is 25.1 Å². The molecule has 7 nitrogen and oxygen atoms in total. The first kappa shape index (κ1) is 23.3. The standard InChI is InChI=1S/C28H32N6OS/c1-17-18(2)36-28-25(17)26(22-8-6-20(7-9-22)4-5-21-10-12-29-13-11-21)31-23(16-24-30-14-15-35-24)27-33-32-19(3)34(27)28/h6-9,14-15,21,23,29H,4-5,10-13,16H2,1-3H3/t23-/m0/s1. The first-order chi connectivity index (χ1) is 17.6. The summed E-state index contributed by atoms with van der Waals surface area (Å²) >= 11 is 1.79. The van der Waals surface area contributed by atoms with Gasteiger partial charge in [0.15, 0.2) is 11.7 Å². The Labute approximate surface area is 215 Å². The van der Waals surface area contributed by atoms with E-state index < -0.39 is 0 Å². The van der Waals surface area contributed by atoms with Crippen molar-refractivity contribution < 1.29 is 4.42 Å². The van der Waals surface area contributed by atoms with Gasteiger partial charge in [0.05, 0.1) is 18.3 Å². The number of hydrogen-bond acceptors (Lipinski definition) is 7. The molecule has 2 aliphatic rings. The highest BCUT2D eigenvalue weighted by molar-refractivity contribution is 7.15. The van der Waals surface area contributed by atoms with Crippen LogP contribution in [0.1, 0.15) is 70.0 Å². The van der Waals surface area contributed by atoms with Crippen LogP contribution in [0.3, 0.4) is 0 Å². The lowest BCUT2D eigenvalue weighted by Crippen LogP contribution is -2.27. The summed E-state index contributed by atoms with van der Waals surface area (Å²) in [7, 11) is 0. The zero-order valence-electron chi connectivity index (χ0n) is 21.1. The summed E-state index contributed by atoms with van der Waals surface area (Å²) in [6.07, 6.45) is 8.81. The van der Waals surface area contributed by atoms with E-state index in [0.29, 0.717) is 12.3 Å². The van der Waals surface area contributed by atoms with Crippen molar-refractivity contribution in [1.29, 1.82) is 0 Å². The van der Waals surface area contributed by atoms with Gasteiger partial charge < -0.3 is 9.73 Å². The molecule has 2 aliphatic heterocycles. The van der Waals surface area contributed by atoms with E-state index in [1.54, 1.807) is 23.8 Å². The molecular formula is C28H32N6OS. The quantitative estimate of drug-likeness (QED) is 0.388. The maximum absolute atomic E-state index is 5.59. The number of nitrogens with one attached hydrogen (secondary N) is 1. The van der Waals surface area contributed by atoms with Gasteiger partial charge in [0.1, 0.15) is 23.1 Å². The lowest BCUT2D eigenvalue weighted by Gasteiger charge is -2.22. The summed E-state index contributed by atoms with van der Waals surface area (Å²) in [5, 5.41) is 13.6. The number of rotatable bonds is 6. The van der Waals surface area contributed by atoms with Gasteiger partial charge >= 0.3 is 0 Å². The van der Waals surface area contributed by atoms with Gasteiger partial charge in [0, 0.05) is 16.0 Å². The van der Waals surface area contributed by atoms with Crippen LogP contribution in [0.4, 0.5) is 0 Å². The summed E-state index contributed by atoms with van der Waals surface area (Å²) < 4.78 is 7.77. The van der Waals surface area contributed by atoms with Crippen LogP contribution in [0.5, 0.6) is 0 Å². The second kappa shape index (κ2) is 9.75. The third-order valence-corrected chi connectivity index (χ3v) is 8.81. The minimum atomic E-state index is -0.237. The lowest BCUT2D eigenvalue weighted by atomic mass is 9.91. The molecule has 1 N–H and O–H groups in total. The predicted octanol–water partition coefficient (Wildman–Crippen LogP) is 5.31. The van der Waals surface area contributed by atoms with Gasteiger partial charge in [-0.1, -0.05) is 24.3 Å². The largest absolute Gasteiger partial charge is 0.449 e. The van der Waals surface area contributed by atoms with E-state index in [1.807, 2.05) is 6.92 Å².